The molecule has 61 heavy (non-hydrogen) atoms. The molecule has 304 valence electrons. The average molecular weight is 799 g/mol. The van der Waals surface area contributed by atoms with Gasteiger partial charge in [0, 0.05) is 43.8 Å². The fourth-order valence-corrected chi connectivity index (χ4v) is 10.1. The van der Waals surface area contributed by atoms with E-state index in [0.717, 1.165) is 11.1 Å². The van der Waals surface area contributed by atoms with Gasteiger partial charge in [-0.05, 0) is 139 Å². The van der Waals surface area contributed by atoms with E-state index in [2.05, 4.69) is 175 Å². The third-order valence-electron chi connectivity index (χ3n) is 13.5. The number of hydrogen-bond acceptors (Lipinski definition) is 0. The van der Waals surface area contributed by atoms with E-state index in [0.29, 0.717) is 0 Å². The maximum atomic E-state index is 14.5. The highest BCUT2D eigenvalue weighted by Crippen LogP contribution is 2.47. The van der Waals surface area contributed by atoms with Crippen LogP contribution in [0.2, 0.25) is 0 Å². The number of fused-ring (bicyclic) bond motifs is 10. The summed E-state index contributed by atoms with van der Waals surface area (Å²) >= 11 is 0. The van der Waals surface area contributed by atoms with Gasteiger partial charge in [0.05, 0.1) is 11.0 Å². The molecule has 0 atom stereocenters. The van der Waals surface area contributed by atoms with Gasteiger partial charge in [-0.2, -0.15) is 0 Å². The molecule has 0 aliphatic carbocycles. The summed E-state index contributed by atoms with van der Waals surface area (Å²) in [5, 5.41) is 5.07. The van der Waals surface area contributed by atoms with E-state index >= 15 is 0 Å². The van der Waals surface area contributed by atoms with Crippen molar-refractivity contribution in [2.45, 2.75) is 99.3 Å². The monoisotopic (exact) mass is 798 g/mol. The van der Waals surface area contributed by atoms with Crippen molar-refractivity contribution >= 4 is 61.4 Å². The molecule has 11 rings (SSSR count). The molecule has 2 nitrogen and oxygen atoms in total. The Morgan fingerprint density at radius 2 is 0.984 bits per heavy atom. The quantitative estimate of drug-likeness (QED) is 0.154. The fraction of sp³-hybridized carbons (Fsp3) is 0.263. The molecule has 2 aromatic heterocycles. The Hall–Kier alpha value is -5.87. The first kappa shape index (κ1) is 39.3. The summed E-state index contributed by atoms with van der Waals surface area (Å²) in [6.07, 6.45) is 0. The van der Waals surface area contributed by atoms with Crippen molar-refractivity contribution < 1.29 is 4.39 Å². The van der Waals surface area contributed by atoms with Crippen molar-refractivity contribution in [3.8, 4) is 39.1 Å². The van der Waals surface area contributed by atoms with E-state index in [1.54, 1.807) is 12.1 Å². The van der Waals surface area contributed by atoms with Crippen LogP contribution in [0.5, 0.6) is 0 Å². The highest BCUT2D eigenvalue weighted by atomic mass is 19.1. The zero-order chi connectivity index (χ0) is 43.1. The molecule has 4 heteroatoms. The molecule has 2 aliphatic heterocycles. The molecular weight excluding hydrogens is 742 g/mol. The lowest BCUT2D eigenvalue weighted by molar-refractivity contribution is 0.589. The lowest BCUT2D eigenvalue weighted by Gasteiger charge is -2.36. The van der Waals surface area contributed by atoms with Crippen LogP contribution in [0, 0.1) is 12.7 Å². The lowest BCUT2D eigenvalue weighted by Crippen LogP contribution is -2.55. The second-order valence-corrected chi connectivity index (χ2v) is 20.5. The summed E-state index contributed by atoms with van der Waals surface area (Å²) in [4.78, 5) is 0. The minimum Gasteiger partial charge on any atom is -0.375 e. The molecular formula is C57H56BFN2. The molecule has 0 saturated heterocycles. The van der Waals surface area contributed by atoms with E-state index < -0.39 is 0 Å². The van der Waals surface area contributed by atoms with Crippen molar-refractivity contribution in [2.75, 3.05) is 0 Å². The Labute approximate surface area is 361 Å². The normalized spacial score (nSPS) is 13.3. The Balaban J connectivity index is 0.00000220. The van der Waals surface area contributed by atoms with Crippen LogP contribution >= 0.6 is 0 Å². The Morgan fingerprint density at radius 3 is 1.66 bits per heavy atom. The topological polar surface area (TPSA) is 9.86 Å². The lowest BCUT2D eigenvalue weighted by atomic mass is 9.45. The second kappa shape index (κ2) is 13.3. The van der Waals surface area contributed by atoms with Crippen LogP contribution in [-0.4, -0.2) is 15.9 Å². The van der Waals surface area contributed by atoms with Crippen LogP contribution in [0.3, 0.4) is 0 Å². The molecule has 0 saturated carbocycles. The number of nitrogens with zero attached hydrogens (tertiary/aromatic N) is 2. The van der Waals surface area contributed by atoms with Crippen LogP contribution in [0.1, 0.15) is 98.4 Å². The van der Waals surface area contributed by atoms with Crippen LogP contribution in [0.25, 0.3) is 82.7 Å². The second-order valence-electron chi connectivity index (χ2n) is 20.5. The summed E-state index contributed by atoms with van der Waals surface area (Å²) in [7, 11) is 0. The highest BCUT2D eigenvalue weighted by Gasteiger charge is 2.43. The first-order valence-corrected chi connectivity index (χ1v) is 22.2. The summed E-state index contributed by atoms with van der Waals surface area (Å²) in [5.41, 5.74) is 21.2. The molecule has 7 aromatic carbocycles. The van der Waals surface area contributed by atoms with E-state index in [1.807, 2.05) is 26.0 Å². The molecule has 0 amide bonds. The number of rotatable bonds is 2. The highest BCUT2D eigenvalue weighted by molar-refractivity contribution is 6.90. The van der Waals surface area contributed by atoms with Gasteiger partial charge in [-0.15, -0.1) is 0 Å². The number of aryl methyl sites for hydroxylation is 1. The van der Waals surface area contributed by atoms with Gasteiger partial charge in [-0.1, -0.05) is 142 Å². The largest absolute Gasteiger partial charge is 0.375 e. The SMILES string of the molecule is CC.Cc1ccc(-c2ccc3c(c2)c2cc(-c4ccc(F)cc4)cc4c2n3-c2cc(C(C)(C)C)cc3c2B4n2c4ccc(C(C)(C)C)cc4c4cc(C(C)(C)C)cc-3c42)cc1. The van der Waals surface area contributed by atoms with Gasteiger partial charge in [0.1, 0.15) is 5.82 Å². The standard InChI is InChI=1S/C55H50BFN2.C2H6/c1-31-11-13-32(14-12-31)34-17-21-47-40(23-34)43-24-35(33-15-19-39(57)20-16-33)25-46-52(43)58(47)49-30-38(55(8,9)10)27-42-45-29-37(54(5,6)7)28-44-41-26-36(53(2,3)4)18-22-48(41)59(51(44)45)56(46)50(42)49;1-2/h11-30H,1-10H3;1-2H3. The predicted octanol–water partition coefficient (Wildman–Crippen LogP) is 14.5. The van der Waals surface area contributed by atoms with Gasteiger partial charge in [-0.3, -0.25) is 0 Å². The molecule has 0 bridgehead atoms. The third-order valence-corrected chi connectivity index (χ3v) is 13.5. The maximum absolute atomic E-state index is 14.5. The minimum absolute atomic E-state index is 0.00383. The van der Waals surface area contributed by atoms with Crippen molar-refractivity contribution in [1.29, 1.82) is 0 Å². The number of hydrogen-bond donors (Lipinski definition) is 0. The zero-order valence-corrected chi connectivity index (χ0v) is 37.9. The average Bonchev–Trinajstić information content (AvgIpc) is 3.73. The third kappa shape index (κ3) is 5.88. The van der Waals surface area contributed by atoms with Crippen molar-refractivity contribution in [2.24, 2.45) is 0 Å². The van der Waals surface area contributed by atoms with Gasteiger partial charge in [0.25, 0.3) is 0 Å². The summed E-state index contributed by atoms with van der Waals surface area (Å²) in [6.45, 7) is 27.1. The molecule has 0 radical (unpaired) electrons. The van der Waals surface area contributed by atoms with E-state index in [4.69, 9.17) is 0 Å². The molecule has 2 aliphatic rings. The van der Waals surface area contributed by atoms with E-state index in [1.165, 1.54) is 105 Å². The van der Waals surface area contributed by atoms with Crippen LogP contribution in [-0.2, 0) is 16.2 Å². The maximum Gasteiger partial charge on any atom is 0.333 e. The minimum atomic E-state index is -0.224. The van der Waals surface area contributed by atoms with Crippen molar-refractivity contribution in [1.82, 2.24) is 9.05 Å². The summed E-state index contributed by atoms with van der Waals surface area (Å²) in [5.74, 6) is -0.224. The summed E-state index contributed by atoms with van der Waals surface area (Å²) < 4.78 is 19.7. The van der Waals surface area contributed by atoms with Crippen LogP contribution in [0.4, 0.5) is 4.39 Å². The Kier molecular flexibility index (Phi) is 8.58. The number of halogens is 1. The van der Waals surface area contributed by atoms with Gasteiger partial charge in [-0.25, -0.2) is 4.39 Å². The van der Waals surface area contributed by atoms with Gasteiger partial charge < -0.3 is 9.05 Å². The molecule has 9 aromatic rings. The zero-order valence-electron chi connectivity index (χ0n) is 37.9. The van der Waals surface area contributed by atoms with Gasteiger partial charge in [0.2, 0.25) is 0 Å². The molecule has 0 fully saturated rings. The number of benzene rings is 7. The summed E-state index contributed by atoms with van der Waals surface area (Å²) in [6, 6.07) is 44.9. The predicted molar refractivity (Wildman–Crippen MR) is 263 cm³/mol. The number of aromatic nitrogens is 2. The molecule has 0 spiro atoms. The van der Waals surface area contributed by atoms with Gasteiger partial charge >= 0.3 is 6.85 Å². The van der Waals surface area contributed by atoms with Crippen molar-refractivity contribution in [3.63, 3.8) is 0 Å². The molecule has 0 unspecified atom stereocenters. The van der Waals surface area contributed by atoms with Crippen LogP contribution < -0.4 is 10.9 Å². The van der Waals surface area contributed by atoms with Crippen LogP contribution in [0.15, 0.2) is 121 Å². The van der Waals surface area contributed by atoms with E-state index in [-0.39, 0.29) is 28.9 Å². The van der Waals surface area contributed by atoms with Gasteiger partial charge in [0.15, 0.2) is 0 Å². The van der Waals surface area contributed by atoms with Crippen molar-refractivity contribution in [3.05, 3.63) is 149 Å². The fourth-order valence-electron chi connectivity index (χ4n) is 10.1. The Bertz CT molecular complexity index is 3260. The smallest absolute Gasteiger partial charge is 0.333 e. The first-order chi connectivity index (χ1) is 29.0. The van der Waals surface area contributed by atoms with E-state index in [9.17, 15) is 4.39 Å². The Morgan fingerprint density at radius 1 is 0.459 bits per heavy atom. The molecule has 4 heterocycles. The molecule has 0 N–H and O–H groups in total. The first-order valence-electron chi connectivity index (χ1n) is 22.2.